The van der Waals surface area contributed by atoms with E-state index in [4.69, 9.17) is 9.47 Å². The summed E-state index contributed by atoms with van der Waals surface area (Å²) in [5, 5.41) is 5.22. The van der Waals surface area contributed by atoms with Gasteiger partial charge in [-0.15, -0.1) is 11.3 Å². The number of aromatic nitrogens is 1. The number of hydrogen-bond acceptors (Lipinski definition) is 6. The van der Waals surface area contributed by atoms with Crippen molar-refractivity contribution < 1.29 is 19.1 Å². The van der Waals surface area contributed by atoms with Gasteiger partial charge in [0.1, 0.15) is 17.4 Å². The first-order valence-corrected chi connectivity index (χ1v) is 10.0. The van der Waals surface area contributed by atoms with Gasteiger partial charge in [0.15, 0.2) is 11.8 Å². The number of carbonyl (C=O) groups is 2. The van der Waals surface area contributed by atoms with E-state index < -0.39 is 12.1 Å². The molecule has 144 valence electrons. The molecule has 7 heteroatoms. The molecule has 0 aliphatic heterocycles. The van der Waals surface area contributed by atoms with E-state index in [0.29, 0.717) is 5.01 Å². The van der Waals surface area contributed by atoms with Gasteiger partial charge in [0.05, 0.1) is 0 Å². The molecular weight excluding hydrogens is 364 g/mol. The first-order chi connectivity index (χ1) is 13.0. The number of nitrogens with one attached hydrogen (secondary N) is 1. The van der Waals surface area contributed by atoms with Crippen molar-refractivity contribution in [2.24, 2.45) is 0 Å². The summed E-state index contributed by atoms with van der Waals surface area (Å²) < 4.78 is 10.9. The highest BCUT2D eigenvalue weighted by molar-refractivity contribution is 7.09. The van der Waals surface area contributed by atoms with E-state index in [9.17, 15) is 9.59 Å². The minimum atomic E-state index is -0.841. The molecule has 1 aromatic carbocycles. The smallest absolute Gasteiger partial charge is 0.358 e. The molecule has 1 N–H and O–H groups in total. The van der Waals surface area contributed by atoms with E-state index in [1.54, 1.807) is 12.3 Å². The van der Waals surface area contributed by atoms with Crippen molar-refractivity contribution in [2.45, 2.75) is 58.3 Å². The summed E-state index contributed by atoms with van der Waals surface area (Å²) in [6.45, 7) is 3.87. The zero-order chi connectivity index (χ0) is 19.2. The maximum atomic E-state index is 12.2. The molecule has 0 radical (unpaired) electrons. The Morgan fingerprint density at radius 2 is 1.96 bits per heavy atom. The quantitative estimate of drug-likeness (QED) is 0.733. The molecule has 1 amide bonds. The van der Waals surface area contributed by atoms with Crippen molar-refractivity contribution >= 4 is 23.2 Å². The lowest BCUT2D eigenvalue weighted by molar-refractivity contribution is -0.129. The van der Waals surface area contributed by atoms with E-state index in [-0.39, 0.29) is 24.2 Å². The lowest BCUT2D eigenvalue weighted by atomic mass is 10.2. The summed E-state index contributed by atoms with van der Waals surface area (Å²) >= 11 is 1.32. The van der Waals surface area contributed by atoms with Gasteiger partial charge in [-0.25, -0.2) is 9.78 Å². The Labute approximate surface area is 162 Å². The minimum Gasteiger partial charge on any atom is -0.486 e. The van der Waals surface area contributed by atoms with Crippen molar-refractivity contribution in [1.82, 2.24) is 10.3 Å². The van der Waals surface area contributed by atoms with Crippen LogP contribution in [0.25, 0.3) is 0 Å². The van der Waals surface area contributed by atoms with Crippen LogP contribution < -0.4 is 10.1 Å². The van der Waals surface area contributed by atoms with E-state index in [1.165, 1.54) is 11.3 Å². The standard InChI is InChI=1S/C20H24N2O4S/c1-13-7-9-16(10-8-13)25-11-18-22-17(12-27-18)20(24)26-14(2)19(23)21-15-5-3-4-6-15/h7-10,12,14-15H,3-6,11H2,1-2H3,(H,21,23)/t14-/m1/s1. The van der Waals surface area contributed by atoms with Gasteiger partial charge in [0.25, 0.3) is 5.91 Å². The number of nitrogens with zero attached hydrogens (tertiary/aromatic N) is 1. The highest BCUT2D eigenvalue weighted by Gasteiger charge is 2.24. The summed E-state index contributed by atoms with van der Waals surface area (Å²) in [7, 11) is 0. The summed E-state index contributed by atoms with van der Waals surface area (Å²) in [4.78, 5) is 28.6. The Hall–Kier alpha value is -2.41. The molecule has 1 heterocycles. The second kappa shape index (κ2) is 8.99. The van der Waals surface area contributed by atoms with Gasteiger partial charge in [-0.3, -0.25) is 4.79 Å². The van der Waals surface area contributed by atoms with Crippen LogP contribution in [0.3, 0.4) is 0 Å². The van der Waals surface area contributed by atoms with Gasteiger partial charge in [-0.05, 0) is 38.8 Å². The molecule has 2 aromatic rings. The minimum absolute atomic E-state index is 0.197. The maximum absolute atomic E-state index is 12.2. The Kier molecular flexibility index (Phi) is 6.45. The molecule has 1 aromatic heterocycles. The number of esters is 1. The second-order valence-corrected chi connectivity index (χ2v) is 7.71. The molecule has 6 nitrogen and oxygen atoms in total. The summed E-state index contributed by atoms with van der Waals surface area (Å²) in [6.07, 6.45) is 3.40. The monoisotopic (exact) mass is 388 g/mol. The van der Waals surface area contributed by atoms with Crippen LogP contribution in [-0.2, 0) is 16.1 Å². The summed E-state index contributed by atoms with van der Waals surface area (Å²) in [5.74, 6) is -0.104. The van der Waals surface area contributed by atoms with Crippen LogP contribution in [0.4, 0.5) is 0 Å². The van der Waals surface area contributed by atoms with E-state index in [0.717, 1.165) is 37.0 Å². The molecule has 0 bridgehead atoms. The molecule has 1 aliphatic carbocycles. The van der Waals surface area contributed by atoms with Crippen molar-refractivity contribution in [1.29, 1.82) is 0 Å². The van der Waals surface area contributed by atoms with Crippen LogP contribution in [-0.4, -0.2) is 29.0 Å². The van der Waals surface area contributed by atoms with Crippen molar-refractivity contribution in [2.75, 3.05) is 0 Å². The number of hydrogen-bond donors (Lipinski definition) is 1. The highest BCUT2D eigenvalue weighted by Crippen LogP contribution is 2.19. The predicted octanol–water partition coefficient (Wildman–Crippen LogP) is 3.63. The van der Waals surface area contributed by atoms with Gasteiger partial charge in [0.2, 0.25) is 0 Å². The van der Waals surface area contributed by atoms with Gasteiger partial charge >= 0.3 is 5.97 Å². The molecule has 1 fully saturated rings. The molecular formula is C20H24N2O4S. The van der Waals surface area contributed by atoms with Crippen molar-refractivity contribution in [3.8, 4) is 5.75 Å². The van der Waals surface area contributed by atoms with Crippen LogP contribution in [0.1, 0.15) is 53.7 Å². The molecule has 0 spiro atoms. The van der Waals surface area contributed by atoms with Crippen molar-refractivity contribution in [3.63, 3.8) is 0 Å². The number of amides is 1. The van der Waals surface area contributed by atoms with Crippen molar-refractivity contribution in [3.05, 3.63) is 45.9 Å². The zero-order valence-corrected chi connectivity index (χ0v) is 16.4. The van der Waals surface area contributed by atoms with Gasteiger partial charge in [-0.2, -0.15) is 0 Å². The Morgan fingerprint density at radius 3 is 2.67 bits per heavy atom. The average Bonchev–Trinajstić information content (AvgIpc) is 3.33. The lowest BCUT2D eigenvalue weighted by Crippen LogP contribution is -2.40. The van der Waals surface area contributed by atoms with Crippen LogP contribution in [0, 0.1) is 6.92 Å². The first-order valence-electron chi connectivity index (χ1n) is 9.16. The largest absolute Gasteiger partial charge is 0.486 e. The van der Waals surface area contributed by atoms with Gasteiger partial charge in [0, 0.05) is 11.4 Å². The number of ether oxygens (including phenoxy) is 2. The third kappa shape index (κ3) is 5.53. The first kappa shape index (κ1) is 19.4. The Morgan fingerprint density at radius 1 is 1.26 bits per heavy atom. The van der Waals surface area contributed by atoms with Gasteiger partial charge < -0.3 is 14.8 Å². The third-order valence-corrected chi connectivity index (χ3v) is 5.32. The second-order valence-electron chi connectivity index (χ2n) is 6.77. The summed E-state index contributed by atoms with van der Waals surface area (Å²) in [6, 6.07) is 7.92. The number of aryl methyl sites for hydroxylation is 1. The number of rotatable bonds is 7. The fraction of sp³-hybridized carbons (Fsp3) is 0.450. The lowest BCUT2D eigenvalue weighted by Gasteiger charge is -2.16. The molecule has 0 saturated heterocycles. The fourth-order valence-electron chi connectivity index (χ4n) is 2.91. The van der Waals surface area contributed by atoms with Gasteiger partial charge in [-0.1, -0.05) is 30.5 Å². The van der Waals surface area contributed by atoms with Crippen LogP contribution in [0.15, 0.2) is 29.6 Å². The molecule has 3 rings (SSSR count). The molecule has 1 atom stereocenters. The van der Waals surface area contributed by atoms with E-state index >= 15 is 0 Å². The summed E-state index contributed by atoms with van der Waals surface area (Å²) in [5.41, 5.74) is 1.36. The SMILES string of the molecule is Cc1ccc(OCc2nc(C(=O)O[C@H](C)C(=O)NC3CCCC3)cs2)cc1. The molecule has 27 heavy (non-hydrogen) atoms. The van der Waals surface area contributed by atoms with Crippen LogP contribution in [0.2, 0.25) is 0 Å². The number of carbonyl (C=O) groups excluding carboxylic acids is 2. The molecule has 0 unspecified atom stereocenters. The maximum Gasteiger partial charge on any atom is 0.358 e. The number of thiazole rings is 1. The Balaban J connectivity index is 1.48. The topological polar surface area (TPSA) is 77.5 Å². The average molecular weight is 388 g/mol. The van der Waals surface area contributed by atoms with Crippen LogP contribution >= 0.6 is 11.3 Å². The number of benzene rings is 1. The zero-order valence-electron chi connectivity index (χ0n) is 15.6. The van der Waals surface area contributed by atoms with Crippen LogP contribution in [0.5, 0.6) is 5.75 Å². The fourth-order valence-corrected chi connectivity index (χ4v) is 3.59. The van der Waals surface area contributed by atoms with E-state index in [1.807, 2.05) is 31.2 Å². The predicted molar refractivity (Wildman–Crippen MR) is 103 cm³/mol. The Bertz CT molecular complexity index is 782. The molecule has 1 aliphatic rings. The third-order valence-electron chi connectivity index (χ3n) is 4.50. The molecule has 1 saturated carbocycles. The van der Waals surface area contributed by atoms with E-state index in [2.05, 4.69) is 10.3 Å². The normalized spacial score (nSPS) is 15.3. The highest BCUT2D eigenvalue weighted by atomic mass is 32.1.